The number of rotatable bonds is 5. The van der Waals surface area contributed by atoms with Crippen molar-refractivity contribution >= 4 is 17.7 Å². The zero-order valence-electron chi connectivity index (χ0n) is 10.9. The van der Waals surface area contributed by atoms with E-state index in [1.165, 1.54) is 18.9 Å². The van der Waals surface area contributed by atoms with Crippen molar-refractivity contribution in [2.75, 3.05) is 19.0 Å². The third-order valence-electron chi connectivity index (χ3n) is 2.05. The van der Waals surface area contributed by atoms with Crippen molar-refractivity contribution < 1.29 is 4.74 Å². The summed E-state index contributed by atoms with van der Waals surface area (Å²) in [6, 6.07) is 0.264. The van der Waals surface area contributed by atoms with Gasteiger partial charge in [-0.1, -0.05) is 0 Å². The van der Waals surface area contributed by atoms with Crippen molar-refractivity contribution in [3.63, 3.8) is 0 Å². The molecule has 0 radical (unpaired) electrons. The Kier molecular flexibility index (Phi) is 4.45. The van der Waals surface area contributed by atoms with Crippen molar-refractivity contribution in [2.24, 2.45) is 0 Å². The minimum atomic E-state index is 0.264. The Morgan fingerprint density at radius 2 is 1.89 bits per heavy atom. The molecule has 0 spiro atoms. The second-order valence-electron chi connectivity index (χ2n) is 3.60. The van der Waals surface area contributed by atoms with Gasteiger partial charge in [0, 0.05) is 18.9 Å². The fourth-order valence-electron chi connectivity index (χ4n) is 1.23. The van der Waals surface area contributed by atoms with Crippen LogP contribution in [0.2, 0.25) is 0 Å². The average Bonchev–Trinajstić information content (AvgIpc) is 2.41. The lowest BCUT2D eigenvalue weighted by molar-refractivity contribution is 0.373. The Balaban J connectivity index is 2.23. The predicted octanol–water partition coefficient (Wildman–Crippen LogP) is 1.56. The van der Waals surface area contributed by atoms with Gasteiger partial charge >= 0.3 is 6.01 Å². The molecular weight excluding hydrogens is 264 g/mol. The molecule has 19 heavy (non-hydrogen) atoms. The van der Waals surface area contributed by atoms with Crippen LogP contribution in [-0.4, -0.2) is 38.6 Å². The van der Waals surface area contributed by atoms with Gasteiger partial charge in [-0.15, -0.1) is 0 Å². The van der Waals surface area contributed by atoms with Crippen molar-refractivity contribution in [1.29, 1.82) is 0 Å². The normalized spacial score (nSPS) is 10.3. The van der Waals surface area contributed by atoms with Gasteiger partial charge in [0.2, 0.25) is 11.1 Å². The highest BCUT2D eigenvalue weighted by Gasteiger charge is 2.09. The van der Waals surface area contributed by atoms with Crippen LogP contribution in [0.15, 0.2) is 22.7 Å². The van der Waals surface area contributed by atoms with E-state index >= 15 is 0 Å². The number of hydrogen-bond acceptors (Lipinski definition) is 8. The summed E-state index contributed by atoms with van der Waals surface area (Å²) >= 11 is 1.26. The number of aryl methyl sites for hydroxylation is 1. The van der Waals surface area contributed by atoms with Crippen LogP contribution in [0, 0.1) is 6.92 Å². The van der Waals surface area contributed by atoms with Crippen LogP contribution in [-0.2, 0) is 0 Å². The number of aromatic nitrogens is 5. The second kappa shape index (κ2) is 6.28. The number of nitrogens with zero attached hydrogens (tertiary/aromatic N) is 5. The third kappa shape index (κ3) is 3.75. The van der Waals surface area contributed by atoms with Crippen LogP contribution >= 0.6 is 11.8 Å². The summed E-state index contributed by atoms with van der Waals surface area (Å²) in [4.78, 5) is 20.9. The van der Waals surface area contributed by atoms with Crippen molar-refractivity contribution in [2.45, 2.75) is 24.2 Å². The third-order valence-corrected chi connectivity index (χ3v) is 2.81. The summed E-state index contributed by atoms with van der Waals surface area (Å²) in [5, 5.41) is 4.10. The molecule has 0 saturated carbocycles. The van der Waals surface area contributed by atoms with E-state index in [4.69, 9.17) is 4.74 Å². The van der Waals surface area contributed by atoms with Gasteiger partial charge in [-0.3, -0.25) is 0 Å². The maximum Gasteiger partial charge on any atom is 0.321 e. The van der Waals surface area contributed by atoms with Gasteiger partial charge in [-0.2, -0.15) is 15.0 Å². The van der Waals surface area contributed by atoms with Crippen LogP contribution in [0.4, 0.5) is 5.95 Å². The summed E-state index contributed by atoms with van der Waals surface area (Å²) in [6.45, 7) is 4.62. The molecule has 0 aromatic carbocycles. The molecule has 0 fully saturated rings. The van der Waals surface area contributed by atoms with E-state index in [1.54, 1.807) is 12.4 Å². The van der Waals surface area contributed by atoms with Crippen molar-refractivity contribution in [3.05, 3.63) is 18.0 Å². The van der Waals surface area contributed by atoms with Gasteiger partial charge in [0.15, 0.2) is 5.16 Å². The van der Waals surface area contributed by atoms with Crippen LogP contribution in [0.25, 0.3) is 0 Å². The lowest BCUT2D eigenvalue weighted by atomic mass is 10.4. The fourth-order valence-corrected chi connectivity index (χ4v) is 1.86. The molecule has 0 saturated heterocycles. The molecule has 2 rings (SSSR count). The Hall–Kier alpha value is -1.96. The molecule has 2 aromatic rings. The first-order valence-corrected chi connectivity index (χ1v) is 6.53. The standard InChI is InChI=1S/C11H14N6OS/c1-4-12-8-15-9(18-3)17-11(16-8)19-10-13-5-7(2)6-14-10/h5-6H,4H2,1-3H3,(H,12,15,16,17). The van der Waals surface area contributed by atoms with Gasteiger partial charge in [0.05, 0.1) is 7.11 Å². The first kappa shape index (κ1) is 13.5. The fraction of sp³-hybridized carbons (Fsp3) is 0.364. The maximum atomic E-state index is 5.04. The van der Waals surface area contributed by atoms with Crippen molar-refractivity contribution in [3.8, 4) is 6.01 Å². The highest BCUT2D eigenvalue weighted by atomic mass is 32.2. The Bertz CT molecular complexity index is 547. The number of ether oxygens (including phenoxy) is 1. The quantitative estimate of drug-likeness (QED) is 0.825. The van der Waals surface area contributed by atoms with E-state index < -0.39 is 0 Å². The van der Waals surface area contributed by atoms with Crippen LogP contribution in [0.3, 0.4) is 0 Å². The molecule has 0 aliphatic rings. The first-order chi connectivity index (χ1) is 9.21. The smallest absolute Gasteiger partial charge is 0.321 e. The van der Waals surface area contributed by atoms with E-state index in [2.05, 4.69) is 30.2 Å². The average molecular weight is 278 g/mol. The van der Waals surface area contributed by atoms with E-state index in [0.717, 1.165) is 12.1 Å². The number of hydrogen-bond donors (Lipinski definition) is 1. The number of methoxy groups -OCH3 is 1. The molecule has 0 aliphatic carbocycles. The molecule has 0 atom stereocenters. The summed E-state index contributed by atoms with van der Waals surface area (Å²) in [5.74, 6) is 0.476. The number of nitrogens with one attached hydrogen (secondary N) is 1. The topological polar surface area (TPSA) is 85.7 Å². The van der Waals surface area contributed by atoms with Gasteiger partial charge in [-0.05, 0) is 31.2 Å². The van der Waals surface area contributed by atoms with Crippen LogP contribution < -0.4 is 10.1 Å². The summed E-state index contributed by atoms with van der Waals surface area (Å²) < 4.78 is 5.04. The van der Waals surface area contributed by atoms with Crippen LogP contribution in [0.1, 0.15) is 12.5 Å². The van der Waals surface area contributed by atoms with Gasteiger partial charge in [0.25, 0.3) is 0 Å². The molecular formula is C11H14N6OS. The molecule has 100 valence electrons. The highest BCUT2D eigenvalue weighted by Crippen LogP contribution is 2.22. The van der Waals surface area contributed by atoms with Gasteiger partial charge in [-0.25, -0.2) is 9.97 Å². The van der Waals surface area contributed by atoms with Crippen molar-refractivity contribution in [1.82, 2.24) is 24.9 Å². The minimum Gasteiger partial charge on any atom is -0.467 e. The summed E-state index contributed by atoms with van der Waals surface area (Å²) in [6.07, 6.45) is 3.50. The summed E-state index contributed by atoms with van der Waals surface area (Å²) in [5.41, 5.74) is 1.01. The van der Waals surface area contributed by atoms with E-state index in [9.17, 15) is 0 Å². The molecule has 0 unspecified atom stereocenters. The van der Waals surface area contributed by atoms with E-state index in [0.29, 0.717) is 16.3 Å². The summed E-state index contributed by atoms with van der Waals surface area (Å²) in [7, 11) is 1.52. The zero-order chi connectivity index (χ0) is 13.7. The lowest BCUT2D eigenvalue weighted by Gasteiger charge is -2.05. The molecule has 1 N–H and O–H groups in total. The molecule has 2 aromatic heterocycles. The Labute approximate surface area is 115 Å². The lowest BCUT2D eigenvalue weighted by Crippen LogP contribution is -2.06. The highest BCUT2D eigenvalue weighted by molar-refractivity contribution is 7.99. The Morgan fingerprint density at radius 1 is 1.16 bits per heavy atom. The largest absolute Gasteiger partial charge is 0.467 e. The molecule has 0 aliphatic heterocycles. The maximum absolute atomic E-state index is 5.04. The molecule has 2 heterocycles. The van der Waals surface area contributed by atoms with Crippen LogP contribution in [0.5, 0.6) is 6.01 Å². The van der Waals surface area contributed by atoms with Gasteiger partial charge in [0.1, 0.15) is 0 Å². The van der Waals surface area contributed by atoms with Gasteiger partial charge < -0.3 is 10.1 Å². The first-order valence-electron chi connectivity index (χ1n) is 5.71. The molecule has 0 bridgehead atoms. The zero-order valence-corrected chi connectivity index (χ0v) is 11.7. The monoisotopic (exact) mass is 278 g/mol. The van der Waals surface area contributed by atoms with E-state index in [1.807, 2.05) is 13.8 Å². The Morgan fingerprint density at radius 3 is 2.53 bits per heavy atom. The van der Waals surface area contributed by atoms with E-state index in [-0.39, 0.29) is 6.01 Å². The predicted molar refractivity (Wildman–Crippen MR) is 71.4 cm³/mol. The minimum absolute atomic E-state index is 0.264. The number of anilines is 1. The SMILES string of the molecule is CCNc1nc(OC)nc(Sc2ncc(C)cn2)n1. The molecule has 0 amide bonds. The molecule has 7 nitrogen and oxygen atoms in total. The molecule has 8 heteroatoms. The second-order valence-corrected chi connectivity index (χ2v) is 4.54.